The number of methoxy groups -OCH3 is 1. The third-order valence-electron chi connectivity index (χ3n) is 4.34. The van der Waals surface area contributed by atoms with Gasteiger partial charge in [-0.2, -0.15) is 5.26 Å². The molecule has 0 saturated carbocycles. The van der Waals surface area contributed by atoms with Gasteiger partial charge in [0.2, 0.25) is 0 Å². The highest BCUT2D eigenvalue weighted by molar-refractivity contribution is 7.98. The molecular weight excluding hydrogens is 386 g/mol. The normalized spacial score (nSPS) is 10.8. The third-order valence-corrected chi connectivity index (χ3v) is 6.26. The van der Waals surface area contributed by atoms with E-state index in [0.29, 0.717) is 5.56 Å². The smallest absolute Gasteiger partial charge is 0.128 e. The Labute approximate surface area is 171 Å². The van der Waals surface area contributed by atoms with Gasteiger partial charge in [-0.15, -0.1) is 23.1 Å². The number of aryl methyl sites for hydroxylation is 1. The molecule has 28 heavy (non-hydrogen) atoms. The number of thiophene rings is 1. The molecule has 2 aromatic heterocycles. The Morgan fingerprint density at radius 3 is 2.71 bits per heavy atom. The molecule has 0 saturated heterocycles. The first kappa shape index (κ1) is 18.5. The van der Waals surface area contributed by atoms with E-state index in [1.54, 1.807) is 30.2 Å². The fraction of sp³-hybridized carbons (Fsp3) is 0.136. The summed E-state index contributed by atoms with van der Waals surface area (Å²) in [4.78, 5) is 10.3. The highest BCUT2D eigenvalue weighted by Crippen LogP contribution is 2.39. The second-order valence-electron chi connectivity index (χ2n) is 6.23. The van der Waals surface area contributed by atoms with Gasteiger partial charge in [0.15, 0.2) is 0 Å². The molecule has 0 spiro atoms. The maximum Gasteiger partial charge on any atom is 0.128 e. The molecule has 0 aliphatic carbocycles. The van der Waals surface area contributed by atoms with E-state index < -0.39 is 0 Å². The van der Waals surface area contributed by atoms with Crippen molar-refractivity contribution in [2.24, 2.45) is 0 Å². The van der Waals surface area contributed by atoms with E-state index in [-0.39, 0.29) is 0 Å². The van der Waals surface area contributed by atoms with Gasteiger partial charge in [0, 0.05) is 16.7 Å². The molecule has 0 fully saturated rings. The number of benzene rings is 2. The first-order valence-electron chi connectivity index (χ1n) is 8.70. The van der Waals surface area contributed by atoms with Gasteiger partial charge in [0.05, 0.1) is 24.1 Å². The molecule has 4 rings (SSSR count). The lowest BCUT2D eigenvalue weighted by molar-refractivity contribution is 0.415. The van der Waals surface area contributed by atoms with Crippen LogP contribution in [0.3, 0.4) is 0 Å². The highest BCUT2D eigenvalue weighted by Gasteiger charge is 2.15. The predicted molar refractivity (Wildman–Crippen MR) is 115 cm³/mol. The number of hydrogen-bond acceptors (Lipinski definition) is 6. The number of rotatable bonds is 5. The Hall–Kier alpha value is -2.88. The summed E-state index contributed by atoms with van der Waals surface area (Å²) in [6.07, 6.45) is 0. The maximum atomic E-state index is 9.11. The van der Waals surface area contributed by atoms with Gasteiger partial charge in [-0.1, -0.05) is 24.3 Å². The van der Waals surface area contributed by atoms with Crippen molar-refractivity contribution >= 4 is 33.3 Å². The molecule has 2 heterocycles. The van der Waals surface area contributed by atoms with Crippen LogP contribution in [0.5, 0.6) is 5.75 Å². The van der Waals surface area contributed by atoms with Crippen LogP contribution in [0.1, 0.15) is 17.0 Å². The van der Waals surface area contributed by atoms with Gasteiger partial charge in [-0.25, -0.2) is 9.97 Å². The van der Waals surface area contributed by atoms with E-state index in [9.17, 15) is 0 Å². The van der Waals surface area contributed by atoms with E-state index in [2.05, 4.69) is 28.6 Å². The van der Waals surface area contributed by atoms with Crippen molar-refractivity contribution in [3.05, 3.63) is 70.9 Å². The third kappa shape index (κ3) is 3.72. The highest BCUT2D eigenvalue weighted by atomic mass is 32.2. The van der Waals surface area contributed by atoms with Crippen LogP contribution in [0.15, 0.2) is 58.9 Å². The van der Waals surface area contributed by atoms with Crippen LogP contribution in [0.2, 0.25) is 0 Å². The molecular formula is C22H17N3OS2. The number of aromatic nitrogens is 2. The molecule has 0 bridgehead atoms. The molecule has 6 heteroatoms. The second-order valence-corrected chi connectivity index (χ2v) is 8.06. The van der Waals surface area contributed by atoms with E-state index in [0.717, 1.165) is 49.3 Å². The first-order chi connectivity index (χ1) is 13.7. The number of hydrogen-bond donors (Lipinski definition) is 0. The minimum absolute atomic E-state index is 0.677. The largest absolute Gasteiger partial charge is 0.497 e. The van der Waals surface area contributed by atoms with E-state index in [4.69, 9.17) is 15.0 Å². The van der Waals surface area contributed by atoms with Crippen LogP contribution >= 0.6 is 23.1 Å². The summed E-state index contributed by atoms with van der Waals surface area (Å²) in [6, 6.07) is 18.0. The predicted octanol–water partition coefficient (Wildman–Crippen LogP) is 5.84. The summed E-state index contributed by atoms with van der Waals surface area (Å²) < 4.78 is 5.27. The van der Waals surface area contributed by atoms with Gasteiger partial charge in [0.25, 0.3) is 0 Å². The standard InChI is InChI=1S/C22H17N3OS2/c1-14-24-21(27-12-16-5-3-4-15(10-16)11-23)20-19(13-28-22(20)25-14)17-6-8-18(26-2)9-7-17/h3-10,13H,12H2,1-2H3. The molecule has 0 unspecified atom stereocenters. The molecule has 2 aromatic carbocycles. The van der Waals surface area contributed by atoms with Crippen molar-refractivity contribution in [3.8, 4) is 22.9 Å². The van der Waals surface area contributed by atoms with Crippen molar-refractivity contribution < 1.29 is 4.74 Å². The molecule has 138 valence electrons. The Morgan fingerprint density at radius 1 is 1.14 bits per heavy atom. The quantitative estimate of drug-likeness (QED) is 0.309. The van der Waals surface area contributed by atoms with E-state index in [1.807, 2.05) is 43.3 Å². The minimum Gasteiger partial charge on any atom is -0.497 e. The zero-order valence-corrected chi connectivity index (χ0v) is 17.1. The van der Waals surface area contributed by atoms with Gasteiger partial charge in [0.1, 0.15) is 21.4 Å². The number of nitriles is 1. The SMILES string of the molecule is COc1ccc(-c2csc3nc(C)nc(SCc4cccc(C#N)c4)c23)cc1. The van der Waals surface area contributed by atoms with Gasteiger partial charge < -0.3 is 4.74 Å². The zero-order chi connectivity index (χ0) is 19.5. The molecule has 0 atom stereocenters. The topological polar surface area (TPSA) is 58.8 Å². The van der Waals surface area contributed by atoms with Crippen molar-refractivity contribution in [1.29, 1.82) is 5.26 Å². The van der Waals surface area contributed by atoms with E-state index in [1.165, 1.54) is 0 Å². The molecule has 4 aromatic rings. The van der Waals surface area contributed by atoms with Crippen LogP contribution in [0, 0.1) is 18.3 Å². The minimum atomic E-state index is 0.677. The fourth-order valence-corrected chi connectivity index (χ4v) is 5.07. The van der Waals surface area contributed by atoms with Crippen LogP contribution in [0.25, 0.3) is 21.3 Å². The number of ether oxygens (including phenoxy) is 1. The molecule has 0 aliphatic heterocycles. The van der Waals surface area contributed by atoms with E-state index >= 15 is 0 Å². The first-order valence-corrected chi connectivity index (χ1v) is 10.6. The van der Waals surface area contributed by atoms with Crippen molar-refractivity contribution in [1.82, 2.24) is 9.97 Å². The Morgan fingerprint density at radius 2 is 1.96 bits per heavy atom. The lowest BCUT2D eigenvalue weighted by atomic mass is 10.1. The van der Waals surface area contributed by atoms with Gasteiger partial charge in [-0.3, -0.25) is 0 Å². The van der Waals surface area contributed by atoms with Gasteiger partial charge >= 0.3 is 0 Å². The summed E-state index contributed by atoms with van der Waals surface area (Å²) >= 11 is 3.31. The average molecular weight is 404 g/mol. The molecule has 4 nitrogen and oxygen atoms in total. The van der Waals surface area contributed by atoms with Crippen molar-refractivity contribution in [3.63, 3.8) is 0 Å². The summed E-state index contributed by atoms with van der Waals surface area (Å²) in [7, 11) is 1.67. The lowest BCUT2D eigenvalue weighted by Gasteiger charge is -2.08. The molecule has 0 N–H and O–H groups in total. The van der Waals surface area contributed by atoms with Crippen LogP contribution in [-0.2, 0) is 5.75 Å². The molecule has 0 aliphatic rings. The number of fused-ring (bicyclic) bond motifs is 1. The lowest BCUT2D eigenvalue weighted by Crippen LogP contribution is -1.92. The van der Waals surface area contributed by atoms with Crippen LogP contribution < -0.4 is 4.74 Å². The van der Waals surface area contributed by atoms with Gasteiger partial charge in [-0.05, 0) is 42.3 Å². The molecule has 0 amide bonds. The summed E-state index contributed by atoms with van der Waals surface area (Å²) in [6.45, 7) is 1.92. The van der Waals surface area contributed by atoms with Crippen molar-refractivity contribution in [2.45, 2.75) is 17.7 Å². The number of nitrogens with zero attached hydrogens (tertiary/aromatic N) is 3. The summed E-state index contributed by atoms with van der Waals surface area (Å²) in [5, 5.41) is 13.3. The zero-order valence-electron chi connectivity index (χ0n) is 15.5. The van der Waals surface area contributed by atoms with Crippen molar-refractivity contribution in [2.75, 3.05) is 7.11 Å². The number of thioether (sulfide) groups is 1. The Kier molecular flexibility index (Phi) is 5.29. The molecule has 0 radical (unpaired) electrons. The fourth-order valence-electron chi connectivity index (χ4n) is 2.98. The van der Waals surface area contributed by atoms with Crippen LogP contribution in [0.4, 0.5) is 0 Å². The van der Waals surface area contributed by atoms with Crippen LogP contribution in [-0.4, -0.2) is 17.1 Å². The Balaban J connectivity index is 1.72. The monoisotopic (exact) mass is 403 g/mol. The summed E-state index contributed by atoms with van der Waals surface area (Å²) in [5.74, 6) is 2.35. The second kappa shape index (κ2) is 8.01. The maximum absolute atomic E-state index is 9.11. The average Bonchev–Trinajstić information content (AvgIpc) is 3.16. The summed E-state index contributed by atoms with van der Waals surface area (Å²) in [5.41, 5.74) is 4.04. The Bertz CT molecular complexity index is 1180.